The highest BCUT2D eigenvalue weighted by Gasteiger charge is 1.84. The van der Waals surface area contributed by atoms with Gasteiger partial charge in [-0.1, -0.05) is 18.2 Å². The van der Waals surface area contributed by atoms with Crippen LogP contribution in [0.1, 0.15) is 0 Å². The molecule has 2 N–H and O–H groups in total. The molecule has 0 atom stereocenters. The van der Waals surface area contributed by atoms with E-state index in [2.05, 4.69) is 10.5 Å². The van der Waals surface area contributed by atoms with Crippen molar-refractivity contribution in [2.75, 3.05) is 7.05 Å². The minimum Gasteiger partial charge on any atom is -0.429 e. The lowest BCUT2D eigenvalue weighted by atomic mass is 10.3. The molecule has 60 valence electrons. The Morgan fingerprint density at radius 3 is 2.27 bits per heavy atom. The summed E-state index contributed by atoms with van der Waals surface area (Å²) in [5.74, 6) is 0.576. The van der Waals surface area contributed by atoms with E-state index in [4.69, 9.17) is 0 Å². The van der Waals surface area contributed by atoms with Gasteiger partial charge < -0.3 is 10.5 Å². The molecule has 0 saturated heterocycles. The van der Waals surface area contributed by atoms with E-state index >= 15 is 0 Å². The third-order valence-corrected chi connectivity index (χ3v) is 0.927. The van der Waals surface area contributed by atoms with E-state index in [-0.39, 0.29) is 0 Å². The molecule has 0 heterocycles. The lowest BCUT2D eigenvalue weighted by molar-refractivity contribution is -0.120. The molecule has 0 spiro atoms. The second-order valence-electron chi connectivity index (χ2n) is 1.53. The number of benzene rings is 1. The molecule has 0 aliphatic rings. The van der Waals surface area contributed by atoms with Gasteiger partial charge in [0.05, 0.1) is 0 Å². The number of hydrogen-bond acceptors (Lipinski definition) is 3. The summed E-state index contributed by atoms with van der Waals surface area (Å²) in [6.07, 6.45) is 0. The van der Waals surface area contributed by atoms with Gasteiger partial charge in [-0.2, -0.15) is 0 Å². The smallest absolute Gasteiger partial charge is 0.298 e. The van der Waals surface area contributed by atoms with E-state index in [1.54, 1.807) is 24.3 Å². The van der Waals surface area contributed by atoms with Crippen molar-refractivity contribution in [3.63, 3.8) is 0 Å². The molecular formula is C8H11NO2. The number of nitrogens with two attached hydrogens (primary N) is 1. The molecule has 0 unspecified atom stereocenters. The maximum atomic E-state index is 9.75. The van der Waals surface area contributed by atoms with Gasteiger partial charge in [-0.15, -0.1) is 0 Å². The van der Waals surface area contributed by atoms with Crippen molar-refractivity contribution < 1.29 is 9.53 Å². The van der Waals surface area contributed by atoms with Crippen molar-refractivity contribution in [1.29, 1.82) is 0 Å². The Morgan fingerprint density at radius 2 is 1.82 bits per heavy atom. The van der Waals surface area contributed by atoms with E-state index in [0.717, 1.165) is 0 Å². The van der Waals surface area contributed by atoms with E-state index in [1.807, 2.05) is 6.07 Å². The molecule has 0 aliphatic carbocycles. The lowest BCUT2D eigenvalue weighted by Crippen LogP contribution is -1.85. The molecule has 1 rings (SSSR count). The van der Waals surface area contributed by atoms with Crippen LogP contribution < -0.4 is 10.5 Å². The first-order chi connectivity index (χ1) is 5.43. The first-order valence-electron chi connectivity index (χ1n) is 3.16. The second kappa shape index (κ2) is 6.77. The van der Waals surface area contributed by atoms with Crippen LogP contribution >= 0.6 is 0 Å². The van der Waals surface area contributed by atoms with Crippen LogP contribution in [0, 0.1) is 0 Å². The molecule has 3 heteroatoms. The van der Waals surface area contributed by atoms with Crippen molar-refractivity contribution in [3.8, 4) is 5.75 Å². The second-order valence-corrected chi connectivity index (χ2v) is 1.53. The fourth-order valence-corrected chi connectivity index (χ4v) is 0.555. The van der Waals surface area contributed by atoms with Crippen molar-refractivity contribution in [1.82, 2.24) is 0 Å². The summed E-state index contributed by atoms with van der Waals surface area (Å²) < 4.78 is 4.53. The molecule has 1 aromatic carbocycles. The molecule has 0 aromatic heterocycles. The summed E-state index contributed by atoms with van der Waals surface area (Å²) in [5.41, 5.74) is 4.50. The van der Waals surface area contributed by atoms with Gasteiger partial charge in [0.2, 0.25) is 0 Å². The molecule has 0 fully saturated rings. The monoisotopic (exact) mass is 153 g/mol. The first-order valence-corrected chi connectivity index (χ1v) is 3.16. The van der Waals surface area contributed by atoms with Gasteiger partial charge in [0.15, 0.2) is 0 Å². The van der Waals surface area contributed by atoms with Gasteiger partial charge in [0.25, 0.3) is 6.47 Å². The van der Waals surface area contributed by atoms with E-state index in [0.29, 0.717) is 12.2 Å². The molecule has 3 nitrogen and oxygen atoms in total. The van der Waals surface area contributed by atoms with Gasteiger partial charge in [0, 0.05) is 0 Å². The Balaban J connectivity index is 0.000000461. The average molecular weight is 153 g/mol. The first kappa shape index (κ1) is 9.65. The third-order valence-electron chi connectivity index (χ3n) is 0.927. The molecular weight excluding hydrogens is 142 g/mol. The Hall–Kier alpha value is -1.35. The van der Waals surface area contributed by atoms with Crippen LogP contribution in [0.25, 0.3) is 0 Å². The highest BCUT2D eigenvalue weighted by Crippen LogP contribution is 2.05. The third kappa shape index (κ3) is 4.11. The SMILES string of the molecule is CN.O=COc1ccccc1. The quantitative estimate of drug-likeness (QED) is 0.639. The zero-order chi connectivity index (χ0) is 8.53. The Bertz CT molecular complexity index is 187. The summed E-state index contributed by atoms with van der Waals surface area (Å²) in [7, 11) is 1.50. The van der Waals surface area contributed by atoms with Gasteiger partial charge in [-0.25, -0.2) is 0 Å². The fourth-order valence-electron chi connectivity index (χ4n) is 0.555. The summed E-state index contributed by atoms with van der Waals surface area (Å²) in [6, 6.07) is 8.90. The summed E-state index contributed by atoms with van der Waals surface area (Å²) >= 11 is 0. The van der Waals surface area contributed by atoms with Crippen molar-refractivity contribution in [2.45, 2.75) is 0 Å². The van der Waals surface area contributed by atoms with Crippen molar-refractivity contribution in [2.24, 2.45) is 5.73 Å². The summed E-state index contributed by atoms with van der Waals surface area (Å²) in [6.45, 7) is 0.412. The van der Waals surface area contributed by atoms with Crippen LogP contribution in [-0.4, -0.2) is 13.5 Å². The van der Waals surface area contributed by atoms with Gasteiger partial charge in [0.1, 0.15) is 5.75 Å². The maximum Gasteiger partial charge on any atom is 0.298 e. The summed E-state index contributed by atoms with van der Waals surface area (Å²) in [5, 5.41) is 0. The molecule has 1 aromatic rings. The van der Waals surface area contributed by atoms with E-state index < -0.39 is 0 Å². The highest BCUT2D eigenvalue weighted by atomic mass is 16.5. The van der Waals surface area contributed by atoms with E-state index in [9.17, 15) is 4.79 Å². The summed E-state index contributed by atoms with van der Waals surface area (Å²) in [4.78, 5) is 9.75. The molecule has 0 bridgehead atoms. The average Bonchev–Trinajstić information content (AvgIpc) is 2.11. The van der Waals surface area contributed by atoms with Crippen LogP contribution in [0.2, 0.25) is 0 Å². The van der Waals surface area contributed by atoms with Crippen LogP contribution in [0.15, 0.2) is 30.3 Å². The number of hydrogen-bond donors (Lipinski definition) is 1. The van der Waals surface area contributed by atoms with Gasteiger partial charge in [-0.05, 0) is 19.2 Å². The fraction of sp³-hybridized carbons (Fsp3) is 0.125. The predicted molar refractivity (Wildman–Crippen MR) is 43.2 cm³/mol. The minimum absolute atomic E-state index is 0.412. The van der Waals surface area contributed by atoms with Crippen LogP contribution in [-0.2, 0) is 4.79 Å². The molecule has 0 radical (unpaired) electrons. The predicted octanol–water partition coefficient (Wildman–Crippen LogP) is 0.797. The largest absolute Gasteiger partial charge is 0.429 e. The Kier molecular flexibility index (Phi) is 5.94. The topological polar surface area (TPSA) is 52.3 Å². The van der Waals surface area contributed by atoms with Crippen LogP contribution in [0.4, 0.5) is 0 Å². The van der Waals surface area contributed by atoms with Crippen LogP contribution in [0.3, 0.4) is 0 Å². The highest BCUT2D eigenvalue weighted by molar-refractivity contribution is 5.44. The zero-order valence-electron chi connectivity index (χ0n) is 6.36. The lowest BCUT2D eigenvalue weighted by Gasteiger charge is -1.92. The van der Waals surface area contributed by atoms with E-state index in [1.165, 1.54) is 7.05 Å². The molecule has 0 aliphatic heterocycles. The van der Waals surface area contributed by atoms with Gasteiger partial charge in [-0.3, -0.25) is 4.79 Å². The minimum atomic E-state index is 0.412. The number of para-hydroxylation sites is 1. The number of carbonyl (C=O) groups excluding carboxylic acids is 1. The van der Waals surface area contributed by atoms with Crippen molar-refractivity contribution in [3.05, 3.63) is 30.3 Å². The molecule has 0 amide bonds. The molecule has 0 saturated carbocycles. The maximum absolute atomic E-state index is 9.75. The number of rotatable bonds is 2. The number of carbonyl (C=O) groups is 1. The normalized spacial score (nSPS) is 7.45. The number of ether oxygens (including phenoxy) is 1. The van der Waals surface area contributed by atoms with Crippen LogP contribution in [0.5, 0.6) is 5.75 Å². The Labute approximate surface area is 65.8 Å². The van der Waals surface area contributed by atoms with Gasteiger partial charge >= 0.3 is 0 Å². The molecule has 11 heavy (non-hydrogen) atoms. The standard InChI is InChI=1S/C7H6O2.CH5N/c8-6-9-7-4-2-1-3-5-7;1-2/h1-6H;2H2,1H3. The zero-order valence-corrected chi connectivity index (χ0v) is 6.36. The van der Waals surface area contributed by atoms with Crippen molar-refractivity contribution >= 4 is 6.47 Å². The Morgan fingerprint density at radius 1 is 1.27 bits per heavy atom.